The Labute approximate surface area is 93.9 Å². The van der Waals surface area contributed by atoms with E-state index in [-0.39, 0.29) is 0 Å². The van der Waals surface area contributed by atoms with Gasteiger partial charge in [0.25, 0.3) is 0 Å². The Morgan fingerprint density at radius 2 is 2.19 bits per heavy atom. The second kappa shape index (κ2) is 3.28. The molecular formula is C13H13N3. The van der Waals surface area contributed by atoms with Gasteiger partial charge >= 0.3 is 0 Å². The van der Waals surface area contributed by atoms with Crippen molar-refractivity contribution >= 4 is 16.6 Å². The van der Waals surface area contributed by atoms with E-state index in [1.54, 1.807) is 0 Å². The number of nitrogens with two attached hydrogens (primary N) is 1. The van der Waals surface area contributed by atoms with Gasteiger partial charge in [0.2, 0.25) is 0 Å². The van der Waals surface area contributed by atoms with Crippen LogP contribution in [0.5, 0.6) is 0 Å². The number of aromatic amines is 1. The predicted octanol–water partition coefficient (Wildman–Crippen LogP) is 2.89. The summed E-state index contributed by atoms with van der Waals surface area (Å²) in [5.41, 5.74) is 9.37. The van der Waals surface area contributed by atoms with E-state index in [2.05, 4.69) is 11.1 Å². The van der Waals surface area contributed by atoms with Gasteiger partial charge in [-0.05, 0) is 31.0 Å². The minimum absolute atomic E-state index is 0.545. The summed E-state index contributed by atoms with van der Waals surface area (Å²) in [5.74, 6) is 0.545. The number of benzene rings is 1. The molecule has 3 N–H and O–H groups in total. The second-order valence-electron chi connectivity index (χ2n) is 4.46. The van der Waals surface area contributed by atoms with Crippen molar-refractivity contribution < 1.29 is 0 Å². The fourth-order valence-corrected chi connectivity index (χ4v) is 2.36. The average Bonchev–Trinajstić information content (AvgIpc) is 2.52. The van der Waals surface area contributed by atoms with Crippen LogP contribution in [0.15, 0.2) is 18.2 Å². The number of nitrogen functional groups attached to an aromatic ring is 1. The van der Waals surface area contributed by atoms with Crippen LogP contribution in [0.25, 0.3) is 10.9 Å². The summed E-state index contributed by atoms with van der Waals surface area (Å²) in [6, 6.07) is 8.00. The lowest BCUT2D eigenvalue weighted by Gasteiger charge is -2.24. The quantitative estimate of drug-likeness (QED) is 0.712. The van der Waals surface area contributed by atoms with Gasteiger partial charge in [-0.15, -0.1) is 0 Å². The second-order valence-corrected chi connectivity index (χ2v) is 4.46. The summed E-state index contributed by atoms with van der Waals surface area (Å²) in [6.07, 6.45) is 3.65. The van der Waals surface area contributed by atoms with Crippen LogP contribution < -0.4 is 5.73 Å². The minimum atomic E-state index is 0.545. The van der Waals surface area contributed by atoms with Crippen LogP contribution in [0.2, 0.25) is 0 Å². The number of nitriles is 1. The fourth-order valence-electron chi connectivity index (χ4n) is 2.36. The van der Waals surface area contributed by atoms with Crippen molar-refractivity contribution in [1.82, 2.24) is 4.98 Å². The molecule has 0 aliphatic heterocycles. The predicted molar refractivity (Wildman–Crippen MR) is 64.0 cm³/mol. The molecule has 1 aliphatic carbocycles. The standard InChI is InChI=1S/C13H13N3/c14-7-11-10-5-4-9(15)6-12(10)16-13(11)8-2-1-3-8/h4-6,8,16H,1-3,15H2. The molecule has 1 aromatic heterocycles. The lowest BCUT2D eigenvalue weighted by Crippen LogP contribution is -2.10. The molecule has 0 bridgehead atoms. The monoisotopic (exact) mass is 211 g/mol. The van der Waals surface area contributed by atoms with Crippen LogP contribution in [-0.2, 0) is 0 Å². The largest absolute Gasteiger partial charge is 0.399 e. The van der Waals surface area contributed by atoms with Gasteiger partial charge in [0.1, 0.15) is 6.07 Å². The van der Waals surface area contributed by atoms with Crippen molar-refractivity contribution in [2.45, 2.75) is 25.2 Å². The topological polar surface area (TPSA) is 65.6 Å². The summed E-state index contributed by atoms with van der Waals surface area (Å²) >= 11 is 0. The molecule has 1 saturated carbocycles. The molecule has 0 amide bonds. The van der Waals surface area contributed by atoms with Crippen LogP contribution in [0.3, 0.4) is 0 Å². The zero-order valence-corrected chi connectivity index (χ0v) is 8.96. The smallest absolute Gasteiger partial charge is 0.102 e. The molecular weight excluding hydrogens is 198 g/mol. The van der Waals surface area contributed by atoms with E-state index in [4.69, 9.17) is 5.73 Å². The first-order valence-electron chi connectivity index (χ1n) is 5.61. The molecule has 80 valence electrons. The Bertz CT molecular complexity index is 585. The van der Waals surface area contributed by atoms with Crippen LogP contribution in [0.4, 0.5) is 5.69 Å². The highest BCUT2D eigenvalue weighted by Crippen LogP contribution is 2.39. The number of nitrogens with one attached hydrogen (secondary N) is 1. The molecule has 3 rings (SSSR count). The molecule has 0 atom stereocenters. The number of hydrogen-bond acceptors (Lipinski definition) is 2. The SMILES string of the molecule is N#Cc1c(C2CCC2)[nH]c2cc(N)ccc12. The highest BCUT2D eigenvalue weighted by molar-refractivity contribution is 5.89. The summed E-state index contributed by atoms with van der Waals surface area (Å²) in [6.45, 7) is 0. The van der Waals surface area contributed by atoms with Gasteiger partial charge in [0.05, 0.1) is 5.56 Å². The van der Waals surface area contributed by atoms with E-state index in [0.29, 0.717) is 5.92 Å². The van der Waals surface area contributed by atoms with Crippen LogP contribution in [0, 0.1) is 11.3 Å². The molecule has 0 spiro atoms. The third kappa shape index (κ3) is 1.20. The van der Waals surface area contributed by atoms with Gasteiger partial charge in [-0.25, -0.2) is 0 Å². The van der Waals surface area contributed by atoms with E-state index in [1.165, 1.54) is 19.3 Å². The molecule has 1 aliphatic rings. The number of nitrogens with zero attached hydrogens (tertiary/aromatic N) is 1. The Morgan fingerprint density at radius 1 is 1.38 bits per heavy atom. The third-order valence-corrected chi connectivity index (χ3v) is 3.48. The Balaban J connectivity index is 2.24. The first kappa shape index (κ1) is 9.29. The summed E-state index contributed by atoms with van der Waals surface area (Å²) in [7, 11) is 0. The van der Waals surface area contributed by atoms with Gasteiger partial charge in [0.15, 0.2) is 0 Å². The van der Waals surface area contributed by atoms with Crippen molar-refractivity contribution in [3.63, 3.8) is 0 Å². The van der Waals surface area contributed by atoms with E-state index in [9.17, 15) is 5.26 Å². The van der Waals surface area contributed by atoms with E-state index >= 15 is 0 Å². The van der Waals surface area contributed by atoms with Gasteiger partial charge in [-0.1, -0.05) is 6.42 Å². The van der Waals surface area contributed by atoms with Crippen molar-refractivity contribution in [1.29, 1.82) is 5.26 Å². The number of hydrogen-bond donors (Lipinski definition) is 2. The van der Waals surface area contributed by atoms with Crippen molar-refractivity contribution in [2.75, 3.05) is 5.73 Å². The molecule has 1 aromatic carbocycles. The fraction of sp³-hybridized carbons (Fsp3) is 0.308. The zero-order chi connectivity index (χ0) is 11.1. The maximum Gasteiger partial charge on any atom is 0.102 e. The summed E-state index contributed by atoms with van der Waals surface area (Å²) in [5, 5.41) is 10.2. The average molecular weight is 211 g/mol. The third-order valence-electron chi connectivity index (χ3n) is 3.48. The van der Waals surface area contributed by atoms with Gasteiger partial charge < -0.3 is 10.7 Å². The molecule has 0 radical (unpaired) electrons. The number of fused-ring (bicyclic) bond motifs is 1. The number of rotatable bonds is 1. The van der Waals surface area contributed by atoms with Gasteiger partial charge in [-0.3, -0.25) is 0 Å². The Morgan fingerprint density at radius 3 is 2.81 bits per heavy atom. The van der Waals surface area contributed by atoms with Crippen molar-refractivity contribution in [3.05, 3.63) is 29.5 Å². The lowest BCUT2D eigenvalue weighted by atomic mass is 9.81. The first-order chi connectivity index (χ1) is 7.79. The van der Waals surface area contributed by atoms with Crippen molar-refractivity contribution in [2.24, 2.45) is 0 Å². The maximum atomic E-state index is 9.24. The Kier molecular flexibility index (Phi) is 1.90. The Hall–Kier alpha value is -1.95. The highest BCUT2D eigenvalue weighted by atomic mass is 14.7. The molecule has 1 heterocycles. The van der Waals surface area contributed by atoms with Crippen molar-refractivity contribution in [3.8, 4) is 6.07 Å². The maximum absolute atomic E-state index is 9.24. The van der Waals surface area contributed by atoms with Gasteiger partial charge in [0, 0.05) is 28.2 Å². The molecule has 0 saturated heterocycles. The number of H-pyrrole nitrogens is 1. The van der Waals surface area contributed by atoms with Crippen LogP contribution in [0.1, 0.15) is 36.4 Å². The molecule has 16 heavy (non-hydrogen) atoms. The van der Waals surface area contributed by atoms with Crippen LogP contribution >= 0.6 is 0 Å². The first-order valence-corrected chi connectivity index (χ1v) is 5.61. The summed E-state index contributed by atoms with van der Waals surface area (Å²) < 4.78 is 0. The molecule has 2 aromatic rings. The molecule has 1 fully saturated rings. The van der Waals surface area contributed by atoms with Gasteiger partial charge in [-0.2, -0.15) is 5.26 Å². The van der Waals surface area contributed by atoms with Crippen LogP contribution in [-0.4, -0.2) is 4.98 Å². The van der Waals surface area contributed by atoms with E-state index in [1.807, 2.05) is 18.2 Å². The minimum Gasteiger partial charge on any atom is -0.399 e. The lowest BCUT2D eigenvalue weighted by molar-refractivity contribution is 0.412. The summed E-state index contributed by atoms with van der Waals surface area (Å²) in [4.78, 5) is 3.36. The van der Waals surface area contributed by atoms with E-state index < -0.39 is 0 Å². The van der Waals surface area contributed by atoms with E-state index in [0.717, 1.165) is 27.8 Å². The molecule has 0 unspecified atom stereocenters. The highest BCUT2D eigenvalue weighted by Gasteiger charge is 2.25. The number of anilines is 1. The molecule has 3 nitrogen and oxygen atoms in total. The molecule has 3 heteroatoms. The number of aromatic nitrogens is 1. The zero-order valence-electron chi connectivity index (χ0n) is 8.96. The normalized spacial score (nSPS) is 15.9.